The smallest absolute Gasteiger partial charge is 0.240 e. The van der Waals surface area contributed by atoms with E-state index < -0.39 is 21.4 Å². The zero-order valence-electron chi connectivity index (χ0n) is 12.9. The first-order valence-corrected chi connectivity index (χ1v) is 8.47. The topological polar surface area (TPSA) is 90.2 Å². The van der Waals surface area contributed by atoms with Gasteiger partial charge in [0.25, 0.3) is 0 Å². The molecule has 122 valence electrons. The minimum absolute atomic E-state index is 0.151. The van der Waals surface area contributed by atoms with E-state index in [1.807, 2.05) is 13.8 Å². The van der Waals surface area contributed by atoms with E-state index in [0.717, 1.165) is 24.6 Å². The minimum Gasteiger partial charge on any atom is -0.389 e. The van der Waals surface area contributed by atoms with Gasteiger partial charge in [0.2, 0.25) is 10.0 Å². The highest BCUT2D eigenvalue weighted by atomic mass is 32.2. The standard InChI is InChI=1S/C15H21FN2O3S/c1-11(2)6-7-15(3,19)10-18-22(20,21)13-4-5-14(16)12(8-13)9-17/h4-5,8,11,18-19H,6-7,10H2,1-3H3. The summed E-state index contributed by atoms with van der Waals surface area (Å²) in [6.45, 7) is 5.44. The number of aliphatic hydroxyl groups is 1. The molecule has 2 N–H and O–H groups in total. The maximum Gasteiger partial charge on any atom is 0.240 e. The summed E-state index contributed by atoms with van der Waals surface area (Å²) in [5.74, 6) is -0.372. The molecule has 1 aromatic rings. The fourth-order valence-corrected chi connectivity index (χ4v) is 2.97. The molecule has 1 aromatic carbocycles. The van der Waals surface area contributed by atoms with Crippen molar-refractivity contribution < 1.29 is 17.9 Å². The summed E-state index contributed by atoms with van der Waals surface area (Å²) in [6, 6.07) is 4.59. The van der Waals surface area contributed by atoms with Crippen LogP contribution in [0.3, 0.4) is 0 Å². The number of nitrogens with one attached hydrogen (secondary N) is 1. The second kappa shape index (κ2) is 7.18. The molecule has 0 spiro atoms. The number of nitrogens with zero attached hydrogens (tertiary/aromatic N) is 1. The lowest BCUT2D eigenvalue weighted by molar-refractivity contribution is 0.0506. The molecule has 1 atom stereocenters. The third-order valence-corrected chi connectivity index (χ3v) is 4.67. The predicted molar refractivity (Wildman–Crippen MR) is 81.0 cm³/mol. The van der Waals surface area contributed by atoms with Crippen LogP contribution < -0.4 is 4.72 Å². The molecule has 0 bridgehead atoms. The van der Waals surface area contributed by atoms with E-state index in [1.54, 1.807) is 13.0 Å². The third kappa shape index (κ3) is 5.37. The lowest BCUT2D eigenvalue weighted by atomic mass is 9.96. The van der Waals surface area contributed by atoms with Gasteiger partial charge >= 0.3 is 0 Å². The molecule has 1 unspecified atom stereocenters. The molecule has 0 aliphatic rings. The fourth-order valence-electron chi connectivity index (χ4n) is 1.78. The molecule has 0 radical (unpaired) electrons. The van der Waals surface area contributed by atoms with Gasteiger partial charge in [-0.05, 0) is 43.9 Å². The van der Waals surface area contributed by atoms with E-state index in [4.69, 9.17) is 5.26 Å². The van der Waals surface area contributed by atoms with Gasteiger partial charge in [-0.1, -0.05) is 13.8 Å². The number of benzene rings is 1. The Kier molecular flexibility index (Phi) is 6.06. The summed E-state index contributed by atoms with van der Waals surface area (Å²) in [5.41, 5.74) is -1.51. The molecule has 0 heterocycles. The van der Waals surface area contributed by atoms with Crippen LogP contribution in [-0.4, -0.2) is 25.7 Å². The zero-order chi connectivity index (χ0) is 17.0. The van der Waals surface area contributed by atoms with Crippen molar-refractivity contribution in [3.8, 4) is 6.07 Å². The average molecular weight is 328 g/mol. The monoisotopic (exact) mass is 328 g/mol. The van der Waals surface area contributed by atoms with Gasteiger partial charge in [-0.25, -0.2) is 17.5 Å². The number of hydrogen-bond acceptors (Lipinski definition) is 4. The molecule has 0 aliphatic heterocycles. The highest BCUT2D eigenvalue weighted by Gasteiger charge is 2.24. The van der Waals surface area contributed by atoms with E-state index in [-0.39, 0.29) is 17.0 Å². The van der Waals surface area contributed by atoms with Crippen molar-refractivity contribution >= 4 is 10.0 Å². The quantitative estimate of drug-likeness (QED) is 0.802. The first kappa shape index (κ1) is 18.6. The van der Waals surface area contributed by atoms with Crippen molar-refractivity contribution in [2.24, 2.45) is 5.92 Å². The number of sulfonamides is 1. The van der Waals surface area contributed by atoms with Crippen molar-refractivity contribution in [3.63, 3.8) is 0 Å². The van der Waals surface area contributed by atoms with E-state index >= 15 is 0 Å². The highest BCUT2D eigenvalue weighted by molar-refractivity contribution is 7.89. The number of hydrogen-bond donors (Lipinski definition) is 2. The van der Waals surface area contributed by atoms with Crippen LogP contribution in [0.15, 0.2) is 23.1 Å². The van der Waals surface area contributed by atoms with Crippen LogP contribution in [0.1, 0.15) is 39.2 Å². The summed E-state index contributed by atoms with van der Waals surface area (Å²) in [7, 11) is -3.91. The average Bonchev–Trinajstić information content (AvgIpc) is 2.44. The van der Waals surface area contributed by atoms with Gasteiger partial charge in [0.05, 0.1) is 16.1 Å². The molecule has 7 heteroatoms. The van der Waals surface area contributed by atoms with Gasteiger partial charge in [-0.3, -0.25) is 0 Å². The SMILES string of the molecule is CC(C)CCC(C)(O)CNS(=O)(=O)c1ccc(F)c(C#N)c1. The molecule has 0 amide bonds. The molecule has 0 aliphatic carbocycles. The molecule has 0 saturated heterocycles. The zero-order valence-corrected chi connectivity index (χ0v) is 13.7. The van der Waals surface area contributed by atoms with Gasteiger partial charge < -0.3 is 5.11 Å². The second-order valence-electron chi connectivity index (χ2n) is 6.01. The van der Waals surface area contributed by atoms with Gasteiger partial charge in [0.15, 0.2) is 0 Å². The summed E-state index contributed by atoms with van der Waals surface area (Å²) < 4.78 is 39.8. The van der Waals surface area contributed by atoms with E-state index in [1.165, 1.54) is 0 Å². The van der Waals surface area contributed by atoms with Crippen LogP contribution in [0.25, 0.3) is 0 Å². The number of nitriles is 1. The van der Waals surface area contributed by atoms with Crippen molar-refractivity contribution in [2.75, 3.05) is 6.54 Å². The van der Waals surface area contributed by atoms with Crippen LogP contribution in [0.4, 0.5) is 4.39 Å². The molecule has 0 fully saturated rings. The lowest BCUT2D eigenvalue weighted by Gasteiger charge is -2.24. The highest BCUT2D eigenvalue weighted by Crippen LogP contribution is 2.18. The lowest BCUT2D eigenvalue weighted by Crippen LogP contribution is -2.40. The van der Waals surface area contributed by atoms with Crippen LogP contribution in [-0.2, 0) is 10.0 Å². The Morgan fingerprint density at radius 1 is 1.45 bits per heavy atom. The molecule has 0 saturated carbocycles. The normalized spacial score (nSPS) is 14.6. The fraction of sp³-hybridized carbons (Fsp3) is 0.533. The Balaban J connectivity index is 2.82. The predicted octanol–water partition coefficient (Wildman–Crippen LogP) is 2.16. The number of rotatable bonds is 7. The van der Waals surface area contributed by atoms with E-state index in [9.17, 15) is 17.9 Å². The summed E-state index contributed by atoms with van der Waals surface area (Å²) in [5, 5.41) is 18.9. The Morgan fingerprint density at radius 2 is 2.09 bits per heavy atom. The van der Waals surface area contributed by atoms with Crippen LogP contribution in [0.5, 0.6) is 0 Å². The first-order valence-electron chi connectivity index (χ1n) is 6.99. The number of halogens is 1. The molecule has 22 heavy (non-hydrogen) atoms. The van der Waals surface area contributed by atoms with E-state index in [0.29, 0.717) is 12.3 Å². The second-order valence-corrected chi connectivity index (χ2v) is 7.77. The molecule has 0 aromatic heterocycles. The molecular formula is C15H21FN2O3S. The van der Waals surface area contributed by atoms with Crippen LogP contribution in [0, 0.1) is 23.1 Å². The largest absolute Gasteiger partial charge is 0.389 e. The summed E-state index contributed by atoms with van der Waals surface area (Å²) >= 11 is 0. The van der Waals surface area contributed by atoms with Gasteiger partial charge in [-0.15, -0.1) is 0 Å². The Morgan fingerprint density at radius 3 is 2.64 bits per heavy atom. The minimum atomic E-state index is -3.91. The van der Waals surface area contributed by atoms with Crippen molar-refractivity contribution in [2.45, 2.75) is 44.1 Å². The molecule has 5 nitrogen and oxygen atoms in total. The summed E-state index contributed by atoms with van der Waals surface area (Å²) in [6.07, 6.45) is 1.23. The van der Waals surface area contributed by atoms with Gasteiger partial charge in [0, 0.05) is 6.54 Å². The van der Waals surface area contributed by atoms with Crippen LogP contribution in [0.2, 0.25) is 0 Å². The molecular weight excluding hydrogens is 307 g/mol. The van der Waals surface area contributed by atoms with Crippen molar-refractivity contribution in [3.05, 3.63) is 29.6 Å². The van der Waals surface area contributed by atoms with Crippen molar-refractivity contribution in [1.29, 1.82) is 5.26 Å². The Bertz CT molecular complexity index is 664. The van der Waals surface area contributed by atoms with E-state index in [2.05, 4.69) is 4.72 Å². The van der Waals surface area contributed by atoms with Crippen molar-refractivity contribution in [1.82, 2.24) is 4.72 Å². The first-order chi connectivity index (χ1) is 10.1. The summed E-state index contributed by atoms with van der Waals surface area (Å²) in [4.78, 5) is -0.204. The van der Waals surface area contributed by atoms with Gasteiger partial charge in [0.1, 0.15) is 11.9 Å². The Labute approximate surface area is 130 Å². The van der Waals surface area contributed by atoms with Crippen LogP contribution >= 0.6 is 0 Å². The maximum absolute atomic E-state index is 13.2. The van der Waals surface area contributed by atoms with Gasteiger partial charge in [-0.2, -0.15) is 5.26 Å². The third-order valence-electron chi connectivity index (χ3n) is 3.27. The maximum atomic E-state index is 13.2. The Hall–Kier alpha value is -1.49. The molecule has 1 rings (SSSR count).